The van der Waals surface area contributed by atoms with Crippen molar-refractivity contribution in [1.29, 1.82) is 0 Å². The van der Waals surface area contributed by atoms with Gasteiger partial charge in [-0.25, -0.2) is 0 Å². The summed E-state index contributed by atoms with van der Waals surface area (Å²) < 4.78 is 6.88. The van der Waals surface area contributed by atoms with E-state index >= 15 is 0 Å². The molecule has 0 amide bonds. The SMILES string of the molecule is COCCNCCn1c2c(ccc1=O)CCC2. The number of nitrogens with zero attached hydrogens (tertiary/aromatic N) is 1. The van der Waals surface area contributed by atoms with Crippen molar-refractivity contribution >= 4 is 0 Å². The van der Waals surface area contributed by atoms with Gasteiger partial charge < -0.3 is 14.6 Å². The van der Waals surface area contributed by atoms with Crippen molar-refractivity contribution in [3.05, 3.63) is 33.7 Å². The fourth-order valence-electron chi connectivity index (χ4n) is 2.37. The molecule has 0 saturated heterocycles. The molecule has 4 nitrogen and oxygen atoms in total. The van der Waals surface area contributed by atoms with Crippen LogP contribution in [0.15, 0.2) is 16.9 Å². The third kappa shape index (κ3) is 2.96. The van der Waals surface area contributed by atoms with Gasteiger partial charge in [-0.2, -0.15) is 0 Å². The Morgan fingerprint density at radius 3 is 3.06 bits per heavy atom. The highest BCUT2D eigenvalue weighted by atomic mass is 16.5. The van der Waals surface area contributed by atoms with E-state index in [4.69, 9.17) is 4.74 Å². The molecule has 17 heavy (non-hydrogen) atoms. The summed E-state index contributed by atoms with van der Waals surface area (Å²) in [6.45, 7) is 3.12. The Hall–Kier alpha value is -1.13. The minimum absolute atomic E-state index is 0.124. The number of aromatic nitrogens is 1. The van der Waals surface area contributed by atoms with Crippen LogP contribution >= 0.6 is 0 Å². The Kier molecular flexibility index (Phi) is 4.34. The van der Waals surface area contributed by atoms with Crippen LogP contribution in [0.5, 0.6) is 0 Å². The highest BCUT2D eigenvalue weighted by Crippen LogP contribution is 2.19. The summed E-state index contributed by atoms with van der Waals surface area (Å²) in [7, 11) is 1.69. The lowest BCUT2D eigenvalue weighted by atomic mass is 10.2. The van der Waals surface area contributed by atoms with Crippen LogP contribution in [0.2, 0.25) is 0 Å². The molecule has 1 aromatic heterocycles. The van der Waals surface area contributed by atoms with Gasteiger partial charge in [0.2, 0.25) is 0 Å². The van der Waals surface area contributed by atoms with Crippen LogP contribution in [0.3, 0.4) is 0 Å². The Balaban J connectivity index is 1.96. The summed E-state index contributed by atoms with van der Waals surface area (Å²) in [5, 5.41) is 3.27. The summed E-state index contributed by atoms with van der Waals surface area (Å²) in [6, 6.07) is 3.68. The van der Waals surface area contributed by atoms with E-state index in [1.165, 1.54) is 17.7 Å². The van der Waals surface area contributed by atoms with Crippen molar-refractivity contribution in [1.82, 2.24) is 9.88 Å². The van der Waals surface area contributed by atoms with E-state index in [9.17, 15) is 4.79 Å². The Labute approximate surface area is 102 Å². The van der Waals surface area contributed by atoms with E-state index in [1.807, 2.05) is 10.6 Å². The van der Waals surface area contributed by atoms with Crippen LogP contribution in [0.25, 0.3) is 0 Å². The number of pyridine rings is 1. The fraction of sp³-hybridized carbons (Fsp3) is 0.615. The standard InChI is InChI=1S/C13H20N2O2/c1-17-10-8-14-7-9-15-12-4-2-3-11(12)5-6-13(15)16/h5-6,14H,2-4,7-10H2,1H3. The zero-order valence-electron chi connectivity index (χ0n) is 10.4. The number of hydrogen-bond acceptors (Lipinski definition) is 3. The highest BCUT2D eigenvalue weighted by Gasteiger charge is 2.14. The summed E-state index contributed by atoms with van der Waals surface area (Å²) in [5.74, 6) is 0. The minimum Gasteiger partial charge on any atom is -0.383 e. The largest absolute Gasteiger partial charge is 0.383 e. The molecule has 0 unspecified atom stereocenters. The summed E-state index contributed by atoms with van der Waals surface area (Å²) >= 11 is 0. The first-order valence-electron chi connectivity index (χ1n) is 6.24. The molecule has 0 aromatic carbocycles. The number of fused-ring (bicyclic) bond motifs is 1. The molecule has 0 aliphatic heterocycles. The van der Waals surface area contributed by atoms with Crippen molar-refractivity contribution in [2.24, 2.45) is 0 Å². The van der Waals surface area contributed by atoms with Crippen molar-refractivity contribution in [2.45, 2.75) is 25.8 Å². The average molecular weight is 236 g/mol. The molecular formula is C13H20N2O2. The van der Waals surface area contributed by atoms with Gasteiger partial charge in [0.1, 0.15) is 0 Å². The molecule has 0 bridgehead atoms. The smallest absolute Gasteiger partial charge is 0.250 e. The third-order valence-electron chi connectivity index (χ3n) is 3.24. The molecule has 4 heteroatoms. The minimum atomic E-state index is 0.124. The molecule has 0 saturated carbocycles. The van der Waals surface area contributed by atoms with Crippen molar-refractivity contribution in [3.63, 3.8) is 0 Å². The van der Waals surface area contributed by atoms with Crippen molar-refractivity contribution in [3.8, 4) is 0 Å². The molecule has 1 heterocycles. The quantitative estimate of drug-likeness (QED) is 0.734. The van der Waals surface area contributed by atoms with Gasteiger partial charge in [-0.3, -0.25) is 4.79 Å². The van der Waals surface area contributed by atoms with Gasteiger partial charge in [-0.05, 0) is 24.8 Å². The van der Waals surface area contributed by atoms with Crippen molar-refractivity contribution < 1.29 is 4.74 Å². The van der Waals surface area contributed by atoms with Crippen LogP contribution in [0, 0.1) is 0 Å². The number of nitrogens with one attached hydrogen (secondary N) is 1. The first-order chi connectivity index (χ1) is 8.33. The molecule has 0 radical (unpaired) electrons. The third-order valence-corrected chi connectivity index (χ3v) is 3.24. The van der Waals surface area contributed by atoms with Crippen LogP contribution in [0.1, 0.15) is 17.7 Å². The summed E-state index contributed by atoms with van der Waals surface area (Å²) in [5.41, 5.74) is 2.71. The lowest BCUT2D eigenvalue weighted by Crippen LogP contribution is -2.30. The van der Waals surface area contributed by atoms with Crippen molar-refractivity contribution in [2.75, 3.05) is 26.8 Å². The van der Waals surface area contributed by atoms with Gasteiger partial charge in [-0.1, -0.05) is 6.07 Å². The monoisotopic (exact) mass is 236 g/mol. The number of ether oxygens (including phenoxy) is 1. The predicted molar refractivity (Wildman–Crippen MR) is 67.5 cm³/mol. The Bertz CT molecular complexity index is 426. The van der Waals surface area contributed by atoms with E-state index in [1.54, 1.807) is 13.2 Å². The number of methoxy groups -OCH3 is 1. The van der Waals surface area contributed by atoms with Gasteiger partial charge >= 0.3 is 0 Å². The second-order valence-corrected chi connectivity index (χ2v) is 4.39. The van der Waals surface area contributed by atoms with Gasteiger partial charge in [0.05, 0.1) is 6.61 Å². The second kappa shape index (κ2) is 5.98. The molecule has 0 atom stereocenters. The highest BCUT2D eigenvalue weighted by molar-refractivity contribution is 5.25. The number of aryl methyl sites for hydroxylation is 1. The topological polar surface area (TPSA) is 43.3 Å². The lowest BCUT2D eigenvalue weighted by Gasteiger charge is -2.12. The molecule has 94 valence electrons. The normalized spacial score (nSPS) is 13.9. The first-order valence-corrected chi connectivity index (χ1v) is 6.24. The van der Waals surface area contributed by atoms with Crippen LogP contribution in [0.4, 0.5) is 0 Å². The molecule has 2 rings (SSSR count). The Morgan fingerprint density at radius 1 is 1.35 bits per heavy atom. The van der Waals surface area contributed by atoms with E-state index in [0.717, 1.165) is 32.5 Å². The number of rotatable bonds is 6. The molecule has 1 aliphatic carbocycles. The number of hydrogen-bond donors (Lipinski definition) is 1. The molecule has 1 N–H and O–H groups in total. The fourth-order valence-corrected chi connectivity index (χ4v) is 2.37. The van der Waals surface area contributed by atoms with E-state index < -0.39 is 0 Å². The van der Waals surface area contributed by atoms with Crippen LogP contribution in [-0.4, -0.2) is 31.4 Å². The van der Waals surface area contributed by atoms with Crippen LogP contribution in [-0.2, 0) is 24.1 Å². The van der Waals surface area contributed by atoms with Crippen LogP contribution < -0.4 is 10.9 Å². The van der Waals surface area contributed by atoms with Gasteiger partial charge in [0.25, 0.3) is 5.56 Å². The summed E-state index contributed by atoms with van der Waals surface area (Å²) in [4.78, 5) is 11.8. The first kappa shape index (κ1) is 12.3. The molecular weight excluding hydrogens is 216 g/mol. The van der Waals surface area contributed by atoms with E-state index in [0.29, 0.717) is 6.61 Å². The van der Waals surface area contributed by atoms with Gasteiger partial charge in [-0.15, -0.1) is 0 Å². The molecule has 1 aromatic rings. The maximum Gasteiger partial charge on any atom is 0.250 e. The molecule has 1 aliphatic rings. The zero-order valence-corrected chi connectivity index (χ0v) is 10.4. The maximum absolute atomic E-state index is 11.8. The molecule has 0 spiro atoms. The maximum atomic E-state index is 11.8. The average Bonchev–Trinajstić information content (AvgIpc) is 2.79. The predicted octanol–water partition coefficient (Wildman–Crippen LogP) is 0.573. The summed E-state index contributed by atoms with van der Waals surface area (Å²) in [6.07, 6.45) is 3.34. The van der Waals surface area contributed by atoms with Gasteiger partial charge in [0.15, 0.2) is 0 Å². The Morgan fingerprint density at radius 2 is 2.24 bits per heavy atom. The second-order valence-electron chi connectivity index (χ2n) is 4.39. The lowest BCUT2D eigenvalue weighted by molar-refractivity contribution is 0.199. The van der Waals surface area contributed by atoms with E-state index in [2.05, 4.69) is 5.32 Å². The van der Waals surface area contributed by atoms with Gasteiger partial charge in [0, 0.05) is 38.5 Å². The van der Waals surface area contributed by atoms with E-state index in [-0.39, 0.29) is 5.56 Å². The molecule has 0 fully saturated rings. The zero-order chi connectivity index (χ0) is 12.1.